The molecule has 2 aromatic heterocycles. The highest BCUT2D eigenvalue weighted by atomic mass is 35.5. The van der Waals surface area contributed by atoms with Crippen molar-refractivity contribution in [2.45, 2.75) is 116 Å². The third-order valence-electron chi connectivity index (χ3n) is 15.2. The Hall–Kier alpha value is -5.71. The highest BCUT2D eigenvalue weighted by Gasteiger charge is 2.44. The van der Waals surface area contributed by atoms with Crippen molar-refractivity contribution < 1.29 is 33.6 Å². The van der Waals surface area contributed by atoms with Gasteiger partial charge in [-0.2, -0.15) is 0 Å². The van der Waals surface area contributed by atoms with Gasteiger partial charge in [-0.15, -0.1) is 11.3 Å². The Morgan fingerprint density at radius 2 is 1.62 bits per heavy atom. The second-order valence-electron chi connectivity index (χ2n) is 22.2. The molecule has 3 fully saturated rings. The number of likely N-dealkylation sites (tertiary alicyclic amines) is 1. The van der Waals surface area contributed by atoms with Crippen LogP contribution in [0.1, 0.15) is 99.6 Å². The number of benzene rings is 3. The molecule has 3 N–H and O–H groups in total. The van der Waals surface area contributed by atoms with Crippen LogP contribution < -0.4 is 25.6 Å². The summed E-state index contributed by atoms with van der Waals surface area (Å²) in [5.74, 6) is 0.441. The summed E-state index contributed by atoms with van der Waals surface area (Å²) >= 11 is 8.17. The average Bonchev–Trinajstić information content (AvgIpc) is 4.04. The van der Waals surface area contributed by atoms with Crippen molar-refractivity contribution in [1.82, 2.24) is 40.3 Å². The summed E-state index contributed by atoms with van der Waals surface area (Å²) in [6, 6.07) is 20.6. The van der Waals surface area contributed by atoms with E-state index in [4.69, 9.17) is 21.3 Å². The van der Waals surface area contributed by atoms with Crippen LogP contribution >= 0.6 is 30.1 Å². The predicted octanol–water partition coefficient (Wildman–Crippen LogP) is 7.48. The smallest absolute Gasteiger partial charge is 0.246 e. The van der Waals surface area contributed by atoms with E-state index in [2.05, 4.69) is 48.6 Å². The van der Waals surface area contributed by atoms with Crippen molar-refractivity contribution in [3.63, 3.8) is 0 Å². The zero-order valence-electron chi connectivity index (χ0n) is 45.6. The number of nitrogens with one attached hydrogen (secondary N) is 2. The minimum Gasteiger partial charge on any atom is -0.496 e. The van der Waals surface area contributed by atoms with Crippen LogP contribution in [-0.4, -0.2) is 149 Å². The number of piperazine rings is 1. The number of carbonyl (C=O) groups excluding carboxylic acids is 4. The number of nitrogens with zero attached hydrogens (tertiary/aromatic N) is 7. The number of rotatable bonds is 19. The average molecular weight is 1110 g/mol. The number of β-amino-alcohol motifs (C(OH)–C–C–N with tert-alkyl or cyclic N) is 1. The van der Waals surface area contributed by atoms with E-state index in [-0.39, 0.29) is 43.7 Å². The van der Waals surface area contributed by atoms with Gasteiger partial charge in [0.1, 0.15) is 30.8 Å². The number of aryl methyl sites for hydroxylation is 1. The van der Waals surface area contributed by atoms with E-state index in [0.29, 0.717) is 67.8 Å². The number of piperidine rings is 1. The molecule has 0 aliphatic carbocycles. The fourth-order valence-electron chi connectivity index (χ4n) is 10.8. The number of halogens is 1. The first-order valence-electron chi connectivity index (χ1n) is 26.9. The number of unbranched alkanes of at least 4 members (excludes halogenated alkanes) is 1. The van der Waals surface area contributed by atoms with Crippen LogP contribution in [0.4, 0.5) is 5.69 Å². The Balaban J connectivity index is 0.745. The molecule has 0 spiro atoms. The molecule has 0 bridgehead atoms. The number of ether oxygens (including phenoxy) is 1. The molecule has 3 atom stereocenters. The van der Waals surface area contributed by atoms with Crippen molar-refractivity contribution in [3.05, 3.63) is 117 Å². The summed E-state index contributed by atoms with van der Waals surface area (Å²) in [6.07, 6.45) is 5.38. The van der Waals surface area contributed by atoms with Crippen LogP contribution in [0, 0.1) is 12.3 Å². The number of hydrogen-bond donors (Lipinski definition) is 3. The van der Waals surface area contributed by atoms with E-state index in [1.165, 1.54) is 4.90 Å². The summed E-state index contributed by atoms with van der Waals surface area (Å²) < 4.78 is 18.9. The fraction of sp³-hybridized carbons (Fsp3) is 0.500. The molecule has 0 radical (unpaired) electrons. The molecule has 8 rings (SSSR count). The van der Waals surface area contributed by atoms with Gasteiger partial charge in [-0.05, 0) is 74.1 Å². The molecule has 5 heterocycles. The van der Waals surface area contributed by atoms with Crippen LogP contribution in [0.5, 0.6) is 5.75 Å². The standard InChI is InChI=1S/C58H75ClN9O7PS/c1-38-54(77-37-62-38)40-18-16-39(17-19-40)34-61-56(72)48-33-45(69)36-68(48)57(73)55(58(2,3)4)64-52(70)14-10-11-15-53(71)67-28-26-66(27-29-67)43-22-24-65(25-23-43)44-21-20-41(49(32-44)75-5)31-51-60-35-46(59)47(63-51)30-42-12-8-9-13-50(42)76(6,7)74/h8-9,12-13,16-21,32,35,37,43,45,48,55,69H,10-11,14-15,22-31,33-34,36H2,1-7H3,(H,61,72)(H,64,70)/t45-,48+,55-/m1/s1. The first-order chi connectivity index (χ1) is 36.7. The van der Waals surface area contributed by atoms with Gasteiger partial charge in [-0.3, -0.25) is 24.1 Å². The molecule has 5 aromatic rings. The van der Waals surface area contributed by atoms with Gasteiger partial charge in [0.15, 0.2) is 0 Å². The molecule has 0 unspecified atom stereocenters. The maximum Gasteiger partial charge on any atom is 0.246 e. The van der Waals surface area contributed by atoms with E-state index < -0.39 is 36.7 Å². The van der Waals surface area contributed by atoms with Crippen LogP contribution in [0.15, 0.2) is 78.4 Å². The number of amides is 4. The fourth-order valence-corrected chi connectivity index (χ4v) is 13.1. The van der Waals surface area contributed by atoms with Crippen molar-refractivity contribution in [2.24, 2.45) is 5.41 Å². The number of aromatic nitrogens is 3. The van der Waals surface area contributed by atoms with Gasteiger partial charge in [-0.1, -0.05) is 87.0 Å². The van der Waals surface area contributed by atoms with Gasteiger partial charge in [0.05, 0.1) is 40.0 Å². The van der Waals surface area contributed by atoms with Crippen molar-refractivity contribution >= 4 is 64.7 Å². The summed E-state index contributed by atoms with van der Waals surface area (Å²) in [6.45, 7) is 16.2. The summed E-state index contributed by atoms with van der Waals surface area (Å²) in [7, 11) is -0.812. The van der Waals surface area contributed by atoms with E-state index in [0.717, 1.165) is 88.6 Å². The number of methoxy groups -OCH3 is 1. The van der Waals surface area contributed by atoms with Gasteiger partial charge in [0.2, 0.25) is 23.6 Å². The highest BCUT2D eigenvalue weighted by molar-refractivity contribution is 7.70. The molecule has 3 aromatic carbocycles. The van der Waals surface area contributed by atoms with Crippen molar-refractivity contribution in [1.29, 1.82) is 0 Å². The minimum atomic E-state index is -2.50. The quantitative estimate of drug-likeness (QED) is 0.0547. The van der Waals surface area contributed by atoms with Gasteiger partial charge in [0, 0.05) is 119 Å². The molecular weight excluding hydrogens is 1030 g/mol. The SMILES string of the molecule is COc1cc(N2CCC(N3CCN(C(=O)CCCCC(=O)N[C@H](C(=O)N4C[C@H](O)C[C@H]4C(=O)NCc4ccc(-c5scnc5C)cc4)C(C)(C)C)CC3)CC2)ccc1Cc1ncc(Cl)c(Cc2ccccc2P(C)(C)=O)n1. The van der Waals surface area contributed by atoms with E-state index in [1.54, 1.807) is 38.0 Å². The molecule has 3 aliphatic rings. The van der Waals surface area contributed by atoms with Gasteiger partial charge in [0.25, 0.3) is 0 Å². The monoisotopic (exact) mass is 1110 g/mol. The van der Waals surface area contributed by atoms with Gasteiger partial charge in [-0.25, -0.2) is 15.0 Å². The molecule has 0 saturated carbocycles. The summed E-state index contributed by atoms with van der Waals surface area (Å²) in [4.78, 5) is 77.5. The Kier molecular flexibility index (Phi) is 18.9. The van der Waals surface area contributed by atoms with Crippen LogP contribution in [0.25, 0.3) is 10.4 Å². The molecule has 19 heteroatoms. The van der Waals surface area contributed by atoms with Crippen molar-refractivity contribution in [2.75, 3.05) is 71.2 Å². The first-order valence-corrected chi connectivity index (χ1v) is 30.7. The van der Waals surface area contributed by atoms with Gasteiger partial charge >= 0.3 is 0 Å². The number of aliphatic hydroxyl groups excluding tert-OH is 1. The zero-order valence-corrected chi connectivity index (χ0v) is 48.1. The summed E-state index contributed by atoms with van der Waals surface area (Å²) in [5.41, 5.74) is 7.78. The molecule has 16 nitrogen and oxygen atoms in total. The minimum absolute atomic E-state index is 0.000361. The van der Waals surface area contributed by atoms with Crippen LogP contribution in [0.3, 0.4) is 0 Å². The van der Waals surface area contributed by atoms with E-state index in [1.807, 2.05) is 86.6 Å². The number of anilines is 1. The van der Waals surface area contributed by atoms with Crippen molar-refractivity contribution in [3.8, 4) is 16.2 Å². The Morgan fingerprint density at radius 3 is 2.30 bits per heavy atom. The summed E-state index contributed by atoms with van der Waals surface area (Å²) in [5, 5.41) is 17.9. The Bertz CT molecular complexity index is 2930. The lowest BCUT2D eigenvalue weighted by Gasteiger charge is -2.43. The second-order valence-corrected chi connectivity index (χ2v) is 26.6. The van der Waals surface area contributed by atoms with Gasteiger partial charge < -0.3 is 39.7 Å². The Morgan fingerprint density at radius 1 is 0.909 bits per heavy atom. The Labute approximate surface area is 462 Å². The lowest BCUT2D eigenvalue weighted by molar-refractivity contribution is -0.144. The number of hydrogen-bond acceptors (Lipinski definition) is 13. The largest absolute Gasteiger partial charge is 0.496 e. The van der Waals surface area contributed by atoms with Crippen LogP contribution in [0.2, 0.25) is 5.02 Å². The number of aliphatic hydroxyl groups is 1. The molecule has 4 amide bonds. The number of thiazole rings is 1. The maximum atomic E-state index is 14.1. The molecule has 77 heavy (non-hydrogen) atoms. The lowest BCUT2D eigenvalue weighted by Crippen LogP contribution is -2.57. The predicted molar refractivity (Wildman–Crippen MR) is 305 cm³/mol. The highest BCUT2D eigenvalue weighted by Crippen LogP contribution is 2.37. The molecule has 412 valence electrons. The third kappa shape index (κ3) is 14.7. The van der Waals surface area contributed by atoms with Crippen LogP contribution in [-0.2, 0) is 43.1 Å². The second kappa shape index (κ2) is 25.4. The first kappa shape index (κ1) is 57.5. The number of carbonyl (C=O) groups is 4. The third-order valence-corrected chi connectivity index (χ3v) is 18.1. The maximum absolute atomic E-state index is 14.1. The van der Waals surface area contributed by atoms with E-state index >= 15 is 0 Å². The molecule has 3 saturated heterocycles. The lowest BCUT2D eigenvalue weighted by atomic mass is 9.85. The normalized spacial score (nSPS) is 18.1. The topological polar surface area (TPSA) is 190 Å². The zero-order chi connectivity index (χ0) is 55.0. The van der Waals surface area contributed by atoms with E-state index in [9.17, 15) is 28.8 Å². The molecular formula is C58H75ClN9O7PS. The molecule has 3 aliphatic heterocycles.